The summed E-state index contributed by atoms with van der Waals surface area (Å²) < 4.78 is 0. The van der Waals surface area contributed by atoms with Gasteiger partial charge in [0.1, 0.15) is 0 Å². The van der Waals surface area contributed by atoms with Gasteiger partial charge in [-0.3, -0.25) is 9.88 Å². The van der Waals surface area contributed by atoms with Crippen molar-refractivity contribution in [3.05, 3.63) is 54.9 Å². The Kier molecular flexibility index (Phi) is 6.25. The number of rotatable bonds is 6. The predicted molar refractivity (Wildman–Crippen MR) is 113 cm³/mol. The van der Waals surface area contributed by atoms with Crippen molar-refractivity contribution in [2.75, 3.05) is 42.9 Å². The maximum Gasteiger partial charge on any atom is 0.0373 e. The zero-order valence-corrected chi connectivity index (χ0v) is 16.3. The summed E-state index contributed by atoms with van der Waals surface area (Å²) in [6, 6.07) is 15.6. The molecule has 2 aliphatic rings. The number of hydrogen-bond donors (Lipinski definition) is 1. The summed E-state index contributed by atoms with van der Waals surface area (Å²) in [4.78, 5) is 9.28. The molecule has 0 spiro atoms. The van der Waals surface area contributed by atoms with E-state index in [1.54, 1.807) is 0 Å². The van der Waals surface area contributed by atoms with E-state index < -0.39 is 0 Å². The summed E-state index contributed by atoms with van der Waals surface area (Å²) >= 11 is 0. The second-order valence-corrected chi connectivity index (χ2v) is 8.05. The molecule has 2 fully saturated rings. The minimum Gasteiger partial charge on any atom is -0.382 e. The normalized spacial score (nSPS) is 23.9. The van der Waals surface area contributed by atoms with Crippen LogP contribution in [0, 0.1) is 5.92 Å². The molecule has 2 aromatic rings. The first-order valence-electron chi connectivity index (χ1n) is 10.6. The number of aromatic nitrogens is 1. The van der Waals surface area contributed by atoms with Gasteiger partial charge in [-0.15, -0.1) is 0 Å². The highest BCUT2D eigenvalue weighted by Crippen LogP contribution is 2.29. The summed E-state index contributed by atoms with van der Waals surface area (Å²) in [5.41, 5.74) is 2.59. The lowest BCUT2D eigenvalue weighted by Crippen LogP contribution is -2.47. The molecule has 0 amide bonds. The van der Waals surface area contributed by atoms with E-state index in [0.717, 1.165) is 19.0 Å². The van der Waals surface area contributed by atoms with Crippen LogP contribution in [0.1, 0.15) is 32.1 Å². The van der Waals surface area contributed by atoms with Crippen LogP contribution in [0.25, 0.3) is 0 Å². The summed E-state index contributed by atoms with van der Waals surface area (Å²) in [5, 5.41) is 3.67. The molecule has 1 aliphatic carbocycles. The zero-order valence-electron chi connectivity index (χ0n) is 16.3. The van der Waals surface area contributed by atoms with Gasteiger partial charge in [0.15, 0.2) is 0 Å². The van der Waals surface area contributed by atoms with Crippen molar-refractivity contribution in [3.63, 3.8) is 0 Å². The Morgan fingerprint density at radius 2 is 1.56 bits per heavy atom. The second-order valence-electron chi connectivity index (χ2n) is 8.05. The van der Waals surface area contributed by atoms with Gasteiger partial charge in [0.05, 0.1) is 0 Å². The van der Waals surface area contributed by atoms with Crippen molar-refractivity contribution in [1.29, 1.82) is 0 Å². The highest BCUT2D eigenvalue weighted by atomic mass is 15.3. The van der Waals surface area contributed by atoms with Gasteiger partial charge in [-0.05, 0) is 68.8 Å². The highest BCUT2D eigenvalue weighted by molar-refractivity contribution is 5.46. The fourth-order valence-corrected chi connectivity index (χ4v) is 4.51. The van der Waals surface area contributed by atoms with Crippen molar-refractivity contribution in [2.45, 2.75) is 38.1 Å². The molecule has 0 unspecified atom stereocenters. The number of anilines is 2. The number of piperazine rings is 1. The van der Waals surface area contributed by atoms with E-state index in [-0.39, 0.29) is 0 Å². The van der Waals surface area contributed by atoms with Gasteiger partial charge in [0.2, 0.25) is 0 Å². The maximum atomic E-state index is 4.09. The van der Waals surface area contributed by atoms with Crippen molar-refractivity contribution < 1.29 is 0 Å². The number of nitrogens with zero attached hydrogens (tertiary/aromatic N) is 3. The zero-order chi connectivity index (χ0) is 18.3. The van der Waals surface area contributed by atoms with E-state index in [0.29, 0.717) is 6.04 Å². The Balaban J connectivity index is 1.14. The van der Waals surface area contributed by atoms with E-state index in [9.17, 15) is 0 Å². The molecule has 4 nitrogen and oxygen atoms in total. The minimum absolute atomic E-state index is 0.637. The van der Waals surface area contributed by atoms with Gasteiger partial charge in [0.25, 0.3) is 0 Å². The lowest BCUT2D eigenvalue weighted by Gasteiger charge is -2.37. The van der Waals surface area contributed by atoms with Crippen LogP contribution in [0.15, 0.2) is 54.9 Å². The molecule has 1 aliphatic heterocycles. The van der Waals surface area contributed by atoms with Crippen molar-refractivity contribution in [1.82, 2.24) is 9.88 Å². The molecule has 0 bridgehead atoms. The van der Waals surface area contributed by atoms with Gasteiger partial charge in [0, 0.05) is 56.0 Å². The van der Waals surface area contributed by atoms with Crippen LogP contribution >= 0.6 is 0 Å². The van der Waals surface area contributed by atoms with Gasteiger partial charge in [-0.1, -0.05) is 18.2 Å². The largest absolute Gasteiger partial charge is 0.382 e. The lowest BCUT2D eigenvalue weighted by molar-refractivity contribution is 0.218. The molecule has 1 aromatic carbocycles. The Morgan fingerprint density at radius 3 is 2.26 bits per heavy atom. The minimum atomic E-state index is 0.637. The number of hydrogen-bond acceptors (Lipinski definition) is 4. The molecule has 0 atom stereocenters. The first-order chi connectivity index (χ1) is 13.4. The summed E-state index contributed by atoms with van der Waals surface area (Å²) in [7, 11) is 0. The molecule has 144 valence electrons. The Morgan fingerprint density at radius 1 is 0.852 bits per heavy atom. The van der Waals surface area contributed by atoms with Gasteiger partial charge in [-0.25, -0.2) is 0 Å². The number of para-hydroxylation sites is 1. The molecular weight excluding hydrogens is 332 g/mol. The molecule has 27 heavy (non-hydrogen) atoms. The van der Waals surface area contributed by atoms with E-state index >= 15 is 0 Å². The molecule has 1 aromatic heterocycles. The summed E-state index contributed by atoms with van der Waals surface area (Å²) in [6.45, 7) is 6.00. The van der Waals surface area contributed by atoms with Gasteiger partial charge >= 0.3 is 0 Å². The van der Waals surface area contributed by atoms with Crippen LogP contribution in [0.5, 0.6) is 0 Å². The number of benzene rings is 1. The van der Waals surface area contributed by atoms with Crippen LogP contribution in [-0.4, -0.2) is 48.6 Å². The highest BCUT2D eigenvalue weighted by Gasteiger charge is 2.23. The van der Waals surface area contributed by atoms with Crippen molar-refractivity contribution in [2.24, 2.45) is 5.92 Å². The van der Waals surface area contributed by atoms with E-state index in [1.807, 2.05) is 12.4 Å². The monoisotopic (exact) mass is 364 g/mol. The Bertz CT molecular complexity index is 659. The summed E-state index contributed by atoms with van der Waals surface area (Å²) in [6.07, 6.45) is 10.4. The molecule has 0 radical (unpaired) electrons. The third-order valence-corrected chi connectivity index (χ3v) is 6.25. The lowest BCUT2D eigenvalue weighted by atomic mass is 9.84. The molecule has 1 saturated heterocycles. The maximum absolute atomic E-state index is 4.09. The standard InChI is InChI=1S/C23H32N4/c1-2-4-23(5-3-1)27-18-16-26(17-19-27)15-12-20-6-8-21(9-7-20)25-22-10-13-24-14-11-22/h1-5,10-11,13-14,20-21H,6-9,12,15-19H2,(H,24,25)/t20-,21-. The van der Waals surface area contributed by atoms with Gasteiger partial charge in [-0.2, -0.15) is 0 Å². The average Bonchev–Trinajstić information content (AvgIpc) is 2.75. The van der Waals surface area contributed by atoms with Gasteiger partial charge < -0.3 is 10.2 Å². The average molecular weight is 365 g/mol. The molecule has 2 heterocycles. The fraction of sp³-hybridized carbons (Fsp3) is 0.522. The SMILES string of the molecule is c1ccc(N2CCN(CC[C@H]3CC[C@H](Nc4ccncc4)CC3)CC2)cc1. The molecule has 4 heteroatoms. The predicted octanol–water partition coefficient (Wildman–Crippen LogP) is 4.26. The van der Waals surface area contributed by atoms with Crippen LogP contribution in [0.4, 0.5) is 11.4 Å². The third-order valence-electron chi connectivity index (χ3n) is 6.25. The number of nitrogens with one attached hydrogen (secondary N) is 1. The fourth-order valence-electron chi connectivity index (χ4n) is 4.51. The van der Waals surface area contributed by atoms with Crippen LogP contribution in [-0.2, 0) is 0 Å². The quantitative estimate of drug-likeness (QED) is 0.830. The summed E-state index contributed by atoms with van der Waals surface area (Å²) in [5.74, 6) is 0.910. The van der Waals surface area contributed by atoms with E-state index in [1.165, 1.54) is 63.1 Å². The first kappa shape index (κ1) is 18.3. The molecular formula is C23H32N4. The molecule has 4 rings (SSSR count). The Hall–Kier alpha value is -2.07. The van der Waals surface area contributed by atoms with Crippen molar-refractivity contribution in [3.8, 4) is 0 Å². The van der Waals surface area contributed by atoms with Crippen LogP contribution < -0.4 is 10.2 Å². The Labute approximate surface area is 163 Å². The van der Waals surface area contributed by atoms with E-state index in [2.05, 4.69) is 62.6 Å². The second kappa shape index (κ2) is 9.23. The van der Waals surface area contributed by atoms with Crippen LogP contribution in [0.3, 0.4) is 0 Å². The molecule has 1 N–H and O–H groups in total. The van der Waals surface area contributed by atoms with Crippen molar-refractivity contribution >= 4 is 11.4 Å². The van der Waals surface area contributed by atoms with E-state index in [4.69, 9.17) is 0 Å². The first-order valence-corrected chi connectivity index (χ1v) is 10.6. The smallest absolute Gasteiger partial charge is 0.0373 e. The number of pyridine rings is 1. The molecule has 1 saturated carbocycles. The van der Waals surface area contributed by atoms with Crippen LogP contribution in [0.2, 0.25) is 0 Å². The topological polar surface area (TPSA) is 31.4 Å². The third kappa shape index (κ3) is 5.23.